The number of nitrogens with zero attached hydrogens (tertiary/aromatic N) is 5. The topological polar surface area (TPSA) is 186 Å². The van der Waals surface area contributed by atoms with Gasteiger partial charge in [0, 0.05) is 71.7 Å². The minimum Gasteiger partial charge on any atom is -0.332 e. The van der Waals surface area contributed by atoms with E-state index in [2.05, 4.69) is 31.1 Å². The first kappa shape index (κ1) is 45.7. The van der Waals surface area contributed by atoms with E-state index in [1.807, 2.05) is 59.3 Å². The van der Waals surface area contributed by atoms with Crippen LogP contribution in [0, 0.1) is 0 Å². The fourth-order valence-corrected chi connectivity index (χ4v) is 9.95. The Kier molecular flexibility index (Phi) is 15.1. The monoisotopic (exact) mass is 935 g/mol. The molecular weight excluding hydrogens is 886 g/mol. The van der Waals surface area contributed by atoms with Gasteiger partial charge in [0.25, 0.3) is 11.8 Å². The highest BCUT2D eigenvalue weighted by Gasteiger charge is 2.45. The van der Waals surface area contributed by atoms with Crippen molar-refractivity contribution < 1.29 is 28.8 Å². The molecule has 4 N–H and O–H groups in total. The van der Waals surface area contributed by atoms with Crippen LogP contribution >= 0.6 is 34.3 Å². The molecule has 15 nitrogen and oxygen atoms in total. The second-order valence-corrected chi connectivity index (χ2v) is 18.6. The lowest BCUT2D eigenvalue weighted by molar-refractivity contribution is -0.136. The first-order chi connectivity index (χ1) is 31.6. The maximum absolute atomic E-state index is 13.4. The summed E-state index contributed by atoms with van der Waals surface area (Å²) in [5.74, 6) is -2.64. The summed E-state index contributed by atoms with van der Waals surface area (Å²) in [5, 5.41) is 17.6. The highest BCUT2D eigenvalue weighted by atomic mass is 35.5. The van der Waals surface area contributed by atoms with Gasteiger partial charge in [-0.2, -0.15) is 0 Å². The predicted octanol–water partition coefficient (Wildman–Crippen LogP) is 8.05. The van der Waals surface area contributed by atoms with Crippen LogP contribution in [0.25, 0.3) is 22.0 Å². The van der Waals surface area contributed by atoms with E-state index in [-0.39, 0.29) is 48.0 Å². The SMILES string of the molecule is O=C1CCC(N2C(=O)c3cccc(NC(=O)CN4CCN(CCCCCCCCCC(=O)Nc5ccc(-c6csc(-c7csc(Nc8ccc(Cl)cc8)n7)n6)cc5)CC4)c3C2=O)C(=O)N1. The van der Waals surface area contributed by atoms with E-state index in [1.54, 1.807) is 23.5 Å². The van der Waals surface area contributed by atoms with Crippen molar-refractivity contribution in [3.8, 4) is 22.0 Å². The van der Waals surface area contributed by atoms with E-state index in [4.69, 9.17) is 21.6 Å². The van der Waals surface area contributed by atoms with Crippen LogP contribution in [-0.2, 0) is 19.2 Å². The van der Waals surface area contributed by atoms with Crippen molar-refractivity contribution in [2.24, 2.45) is 0 Å². The molecule has 1 unspecified atom stereocenters. The molecule has 5 aromatic rings. The Labute approximate surface area is 390 Å². The largest absolute Gasteiger partial charge is 0.332 e. The van der Waals surface area contributed by atoms with Crippen LogP contribution in [0.2, 0.25) is 5.02 Å². The lowest BCUT2D eigenvalue weighted by Gasteiger charge is -2.34. The second-order valence-electron chi connectivity index (χ2n) is 16.4. The van der Waals surface area contributed by atoms with Crippen LogP contribution in [0.3, 0.4) is 0 Å². The Morgan fingerprint density at radius 3 is 2.17 bits per heavy atom. The Balaban J connectivity index is 0.659. The number of anilines is 4. The van der Waals surface area contributed by atoms with Crippen molar-refractivity contribution in [3.05, 3.63) is 93.6 Å². The quantitative estimate of drug-likeness (QED) is 0.0464. The number of benzene rings is 3. The zero-order valence-electron chi connectivity index (χ0n) is 35.8. The molecule has 0 radical (unpaired) electrons. The minimum atomic E-state index is -1.07. The molecule has 0 bridgehead atoms. The second kappa shape index (κ2) is 21.4. The van der Waals surface area contributed by atoms with Crippen LogP contribution in [0.4, 0.5) is 22.2 Å². The molecule has 6 amide bonds. The fraction of sp³-hybridized carbons (Fsp3) is 0.362. The van der Waals surface area contributed by atoms with Gasteiger partial charge in [0.2, 0.25) is 23.6 Å². The molecule has 3 aliphatic rings. The van der Waals surface area contributed by atoms with Crippen molar-refractivity contribution in [2.45, 2.75) is 70.3 Å². The van der Waals surface area contributed by atoms with Crippen molar-refractivity contribution in [1.29, 1.82) is 0 Å². The van der Waals surface area contributed by atoms with Gasteiger partial charge in [-0.25, -0.2) is 9.97 Å². The van der Waals surface area contributed by atoms with Crippen LogP contribution < -0.4 is 21.3 Å². The standard InChI is InChI=1S/C47H50ClN9O6S2/c48-31-14-18-33(19-15-31)50-47-53-37(29-65-47)44-52-36(28-64-44)30-12-16-32(17-13-30)49-39(58)11-6-4-2-1-3-5-7-22-55-23-25-56(26-24-55)27-41(60)51-35-10-8-9-34-42(35)46(63)57(45(34)62)38-20-21-40(59)54-43(38)61/h8-10,12-19,28-29,38H,1-7,11,20-27H2,(H,49,58)(H,50,53)(H,51,60)(H,54,59,61). The van der Waals surface area contributed by atoms with Gasteiger partial charge in [0.05, 0.1) is 29.1 Å². The number of piperidine rings is 1. The lowest BCUT2D eigenvalue weighted by Crippen LogP contribution is -2.54. The van der Waals surface area contributed by atoms with Crippen molar-refractivity contribution in [2.75, 3.05) is 55.2 Å². The molecule has 0 aliphatic carbocycles. The number of amides is 6. The Bertz CT molecular complexity index is 2540. The zero-order valence-corrected chi connectivity index (χ0v) is 38.2. The summed E-state index contributed by atoms with van der Waals surface area (Å²) in [6, 6.07) is 18.9. The van der Waals surface area contributed by atoms with E-state index in [0.717, 1.165) is 121 Å². The molecule has 338 valence electrons. The zero-order chi connectivity index (χ0) is 45.3. The third kappa shape index (κ3) is 11.7. The number of imide groups is 2. The van der Waals surface area contributed by atoms with Crippen LogP contribution in [0.15, 0.2) is 77.5 Å². The summed E-state index contributed by atoms with van der Waals surface area (Å²) in [6.07, 6.45) is 8.15. The number of fused-ring (bicyclic) bond motifs is 1. The summed E-state index contributed by atoms with van der Waals surface area (Å²) < 4.78 is 0. The van der Waals surface area contributed by atoms with Crippen molar-refractivity contribution in [3.63, 3.8) is 0 Å². The van der Waals surface area contributed by atoms with Gasteiger partial charge in [0.15, 0.2) is 5.13 Å². The highest BCUT2D eigenvalue weighted by Crippen LogP contribution is 2.34. The molecule has 2 fully saturated rings. The van der Waals surface area contributed by atoms with Gasteiger partial charge >= 0.3 is 0 Å². The number of halogens is 1. The maximum Gasteiger partial charge on any atom is 0.264 e. The third-order valence-electron chi connectivity index (χ3n) is 11.7. The van der Waals surface area contributed by atoms with E-state index in [1.165, 1.54) is 17.4 Å². The number of hydrogen-bond acceptors (Lipinski definition) is 13. The predicted molar refractivity (Wildman–Crippen MR) is 254 cm³/mol. The molecule has 8 rings (SSSR count). The Morgan fingerprint density at radius 1 is 0.723 bits per heavy atom. The average Bonchev–Trinajstić information content (AvgIpc) is 4.04. The molecule has 3 aromatic carbocycles. The van der Waals surface area contributed by atoms with Crippen molar-refractivity contribution in [1.82, 2.24) is 30.0 Å². The number of piperazine rings is 1. The molecule has 2 saturated heterocycles. The smallest absolute Gasteiger partial charge is 0.264 e. The first-order valence-electron chi connectivity index (χ1n) is 22.0. The Hall–Kier alpha value is -5.85. The van der Waals surface area contributed by atoms with Gasteiger partial charge in [0.1, 0.15) is 16.7 Å². The number of nitrogens with one attached hydrogen (secondary N) is 4. The molecule has 18 heteroatoms. The molecule has 0 spiro atoms. The number of carbonyl (C=O) groups is 6. The molecule has 65 heavy (non-hydrogen) atoms. The number of thiazole rings is 2. The number of rotatable bonds is 19. The van der Waals surface area contributed by atoms with E-state index in [9.17, 15) is 28.8 Å². The lowest BCUT2D eigenvalue weighted by atomic mass is 10.0. The van der Waals surface area contributed by atoms with Crippen LogP contribution in [-0.4, -0.2) is 105 Å². The number of aromatic nitrogens is 2. The highest BCUT2D eigenvalue weighted by molar-refractivity contribution is 7.16. The third-order valence-corrected chi connectivity index (χ3v) is 13.6. The summed E-state index contributed by atoms with van der Waals surface area (Å²) in [5.41, 5.74) is 4.77. The number of carbonyl (C=O) groups excluding carboxylic acids is 6. The normalized spacial score (nSPS) is 16.7. The van der Waals surface area contributed by atoms with Crippen molar-refractivity contribution >= 4 is 91.9 Å². The first-order valence-corrected chi connectivity index (χ1v) is 24.1. The minimum absolute atomic E-state index is 0.0228. The molecule has 3 aliphatic heterocycles. The van der Waals surface area contributed by atoms with E-state index < -0.39 is 29.7 Å². The number of unbranched alkanes of at least 4 members (excludes halogenated alkanes) is 6. The van der Waals surface area contributed by atoms with Gasteiger partial charge in [-0.1, -0.05) is 61.9 Å². The van der Waals surface area contributed by atoms with E-state index in [0.29, 0.717) is 11.4 Å². The number of hydrogen-bond donors (Lipinski definition) is 4. The summed E-state index contributed by atoms with van der Waals surface area (Å²) in [7, 11) is 0. The van der Waals surface area contributed by atoms with E-state index >= 15 is 0 Å². The summed E-state index contributed by atoms with van der Waals surface area (Å²) in [6.45, 7) is 4.38. The van der Waals surface area contributed by atoms with Crippen LogP contribution in [0.5, 0.6) is 0 Å². The van der Waals surface area contributed by atoms with Gasteiger partial charge in [-0.3, -0.25) is 43.9 Å². The average molecular weight is 937 g/mol. The molecule has 0 saturated carbocycles. The molecule has 2 aromatic heterocycles. The summed E-state index contributed by atoms with van der Waals surface area (Å²) in [4.78, 5) is 91.2. The fourth-order valence-electron chi connectivity index (χ4n) is 8.25. The molecular formula is C47H50ClN9O6S2. The molecule has 5 heterocycles. The molecule has 1 atom stereocenters. The van der Waals surface area contributed by atoms with Crippen LogP contribution in [0.1, 0.15) is 84.9 Å². The maximum atomic E-state index is 13.4. The Morgan fingerprint density at radius 2 is 1.42 bits per heavy atom. The van der Waals surface area contributed by atoms with Gasteiger partial charge < -0.3 is 20.9 Å². The van der Waals surface area contributed by atoms with Gasteiger partial charge in [-0.15, -0.1) is 22.7 Å². The van der Waals surface area contributed by atoms with Gasteiger partial charge in [-0.05, 0) is 74.3 Å². The summed E-state index contributed by atoms with van der Waals surface area (Å²) >= 11 is 9.06.